The molecule has 2 aromatic carbocycles. The molecule has 31 heavy (non-hydrogen) atoms. The Morgan fingerprint density at radius 2 is 1.94 bits per heavy atom. The maximum Gasteiger partial charge on any atom is 0.322 e. The van der Waals surface area contributed by atoms with Crippen LogP contribution in [0.1, 0.15) is 21.7 Å². The highest BCUT2D eigenvalue weighted by atomic mass is 19.1. The minimum absolute atomic E-state index is 0.114. The summed E-state index contributed by atoms with van der Waals surface area (Å²) in [5.41, 5.74) is 0.884. The number of hydrogen-bond donors (Lipinski definition) is 3. The number of aromatic nitrogens is 2. The van der Waals surface area contributed by atoms with Crippen molar-refractivity contribution in [3.8, 4) is 11.1 Å². The van der Waals surface area contributed by atoms with Crippen LogP contribution in [0.4, 0.5) is 9.18 Å². The predicted octanol–water partition coefficient (Wildman–Crippen LogP) is 2.00. The number of nitrogens with zero attached hydrogens (tertiary/aromatic N) is 2. The second-order valence-electron chi connectivity index (χ2n) is 7.41. The van der Waals surface area contributed by atoms with E-state index >= 15 is 0 Å². The molecule has 1 unspecified atom stereocenters. The first-order valence-electron chi connectivity index (χ1n) is 9.56. The van der Waals surface area contributed by atoms with Gasteiger partial charge in [-0.1, -0.05) is 35.9 Å². The van der Waals surface area contributed by atoms with Crippen LogP contribution in [0.25, 0.3) is 11.1 Å². The molecular weight excluding hydrogens is 401 g/mol. The van der Waals surface area contributed by atoms with Crippen LogP contribution in [0.2, 0.25) is 0 Å². The lowest BCUT2D eigenvalue weighted by Gasteiger charge is -2.26. The van der Waals surface area contributed by atoms with Crippen molar-refractivity contribution in [2.45, 2.75) is 12.5 Å². The van der Waals surface area contributed by atoms with Crippen LogP contribution < -0.4 is 16.0 Å². The highest BCUT2D eigenvalue weighted by Gasteiger charge is 2.50. The number of urea groups is 1. The van der Waals surface area contributed by atoms with Crippen LogP contribution in [-0.4, -0.2) is 33.9 Å². The number of aryl methyl sites for hydroxylation is 2. The molecule has 1 aliphatic rings. The van der Waals surface area contributed by atoms with Gasteiger partial charge >= 0.3 is 6.03 Å². The number of halogens is 1. The van der Waals surface area contributed by atoms with Gasteiger partial charge in [0.05, 0.1) is 12.1 Å². The summed E-state index contributed by atoms with van der Waals surface area (Å²) in [6.07, 6.45) is 3.11. The summed E-state index contributed by atoms with van der Waals surface area (Å²) < 4.78 is 15.6. The van der Waals surface area contributed by atoms with Crippen molar-refractivity contribution in [1.82, 2.24) is 25.5 Å². The molecule has 0 aliphatic carbocycles. The molecule has 8 nitrogen and oxygen atoms in total. The Hall–Kier alpha value is -4.01. The molecule has 9 heteroatoms. The third-order valence-electron chi connectivity index (χ3n) is 5.25. The summed E-state index contributed by atoms with van der Waals surface area (Å²) in [4.78, 5) is 41.7. The van der Waals surface area contributed by atoms with Gasteiger partial charge in [-0.2, -0.15) is 0 Å². The number of amides is 4. The van der Waals surface area contributed by atoms with Gasteiger partial charge < -0.3 is 15.2 Å². The van der Waals surface area contributed by atoms with E-state index in [-0.39, 0.29) is 17.9 Å². The van der Waals surface area contributed by atoms with E-state index in [1.807, 2.05) is 31.2 Å². The molecule has 0 bridgehead atoms. The van der Waals surface area contributed by atoms with Gasteiger partial charge in [-0.3, -0.25) is 14.9 Å². The zero-order valence-electron chi connectivity index (χ0n) is 16.9. The molecule has 0 spiro atoms. The molecule has 1 atom stereocenters. The third kappa shape index (κ3) is 3.65. The normalized spacial score (nSPS) is 17.9. The van der Waals surface area contributed by atoms with E-state index in [1.54, 1.807) is 17.8 Å². The molecule has 1 aliphatic heterocycles. The number of nitrogens with one attached hydrogen (secondary N) is 3. The van der Waals surface area contributed by atoms with Crippen molar-refractivity contribution in [3.05, 3.63) is 77.6 Å². The van der Waals surface area contributed by atoms with E-state index in [0.717, 1.165) is 17.2 Å². The number of imidazole rings is 1. The van der Waals surface area contributed by atoms with Crippen molar-refractivity contribution in [1.29, 1.82) is 0 Å². The van der Waals surface area contributed by atoms with E-state index in [4.69, 9.17) is 0 Å². The molecule has 1 aromatic heterocycles. The van der Waals surface area contributed by atoms with Gasteiger partial charge in [-0.05, 0) is 30.2 Å². The van der Waals surface area contributed by atoms with Gasteiger partial charge in [0.25, 0.3) is 11.8 Å². The number of rotatable bonds is 5. The van der Waals surface area contributed by atoms with Crippen LogP contribution >= 0.6 is 0 Å². The number of carbonyl (C=O) groups is 3. The minimum Gasteiger partial charge on any atom is -0.349 e. The summed E-state index contributed by atoms with van der Waals surface area (Å²) in [5, 5.41) is 7.41. The van der Waals surface area contributed by atoms with Crippen LogP contribution in [0, 0.1) is 12.7 Å². The average molecular weight is 421 g/mol. The highest BCUT2D eigenvalue weighted by Crippen LogP contribution is 2.26. The maximum atomic E-state index is 14.0. The summed E-state index contributed by atoms with van der Waals surface area (Å²) in [6.45, 7) is 1.68. The van der Waals surface area contributed by atoms with E-state index < -0.39 is 29.2 Å². The maximum absolute atomic E-state index is 14.0. The van der Waals surface area contributed by atoms with Gasteiger partial charge in [0.2, 0.25) is 0 Å². The number of benzene rings is 2. The molecule has 3 N–H and O–H groups in total. The van der Waals surface area contributed by atoms with Crippen LogP contribution in [0.3, 0.4) is 0 Å². The predicted molar refractivity (Wildman–Crippen MR) is 110 cm³/mol. The first-order chi connectivity index (χ1) is 14.8. The largest absolute Gasteiger partial charge is 0.349 e. The van der Waals surface area contributed by atoms with Crippen LogP contribution in [-0.2, 0) is 17.4 Å². The lowest BCUT2D eigenvalue weighted by Crippen LogP contribution is -2.54. The number of imide groups is 1. The topological polar surface area (TPSA) is 105 Å². The average Bonchev–Trinajstić information content (AvgIpc) is 3.29. The number of hydrogen-bond acceptors (Lipinski definition) is 4. The second kappa shape index (κ2) is 7.67. The fraction of sp³-hybridized carbons (Fsp3) is 0.182. The van der Waals surface area contributed by atoms with E-state index in [2.05, 4.69) is 20.9 Å². The minimum atomic E-state index is -1.58. The Labute approximate surface area is 177 Å². The molecule has 158 valence electrons. The zero-order chi connectivity index (χ0) is 22.2. The molecule has 0 radical (unpaired) electrons. The quantitative estimate of drug-likeness (QED) is 0.548. The molecule has 3 aromatic rings. The van der Waals surface area contributed by atoms with Crippen molar-refractivity contribution >= 4 is 17.8 Å². The summed E-state index contributed by atoms with van der Waals surface area (Å²) in [5.74, 6) is -1.52. The Bertz CT molecular complexity index is 1190. The number of carbonyl (C=O) groups excluding carboxylic acids is 3. The molecular formula is C22H20FN5O3. The Morgan fingerprint density at radius 3 is 2.55 bits per heavy atom. The van der Waals surface area contributed by atoms with E-state index in [0.29, 0.717) is 5.56 Å². The molecule has 0 saturated carbocycles. The van der Waals surface area contributed by atoms with Gasteiger partial charge in [0.1, 0.15) is 11.6 Å². The lowest BCUT2D eigenvalue weighted by atomic mass is 9.96. The van der Waals surface area contributed by atoms with Gasteiger partial charge in [0, 0.05) is 19.4 Å². The molecule has 4 amide bonds. The highest BCUT2D eigenvalue weighted by molar-refractivity contribution is 6.08. The van der Waals surface area contributed by atoms with Crippen molar-refractivity contribution in [3.63, 3.8) is 0 Å². The third-order valence-corrected chi connectivity index (χ3v) is 5.25. The van der Waals surface area contributed by atoms with Crippen molar-refractivity contribution in [2.24, 2.45) is 7.05 Å². The van der Waals surface area contributed by atoms with E-state index in [1.165, 1.54) is 18.3 Å². The van der Waals surface area contributed by atoms with Crippen molar-refractivity contribution < 1.29 is 18.8 Å². The monoisotopic (exact) mass is 421 g/mol. The Kier molecular flexibility index (Phi) is 5.02. The fourth-order valence-electron chi connectivity index (χ4n) is 3.63. The van der Waals surface area contributed by atoms with Gasteiger partial charge in [-0.25, -0.2) is 14.2 Å². The first-order valence-corrected chi connectivity index (χ1v) is 9.56. The van der Waals surface area contributed by atoms with Gasteiger partial charge in [0.15, 0.2) is 5.54 Å². The standard InChI is InChI=1S/C22H20FN5O3/c1-13-3-5-14(6-4-13)16-8-7-15(23)11-17(16)18(29)25-12-22(19-24-9-10-28(19)2)20(30)26-21(31)27-22/h3-11H,12H2,1-2H3,(H,25,29)(H2,26,27,30,31). The summed E-state index contributed by atoms with van der Waals surface area (Å²) in [7, 11) is 1.67. The zero-order valence-corrected chi connectivity index (χ0v) is 16.9. The van der Waals surface area contributed by atoms with Crippen LogP contribution in [0.15, 0.2) is 54.9 Å². The second-order valence-corrected chi connectivity index (χ2v) is 7.41. The first kappa shape index (κ1) is 20.3. The summed E-state index contributed by atoms with van der Waals surface area (Å²) in [6, 6.07) is 10.8. The lowest BCUT2D eigenvalue weighted by molar-refractivity contribution is -0.124. The van der Waals surface area contributed by atoms with Gasteiger partial charge in [-0.15, -0.1) is 0 Å². The Balaban J connectivity index is 1.66. The molecule has 2 heterocycles. The van der Waals surface area contributed by atoms with Crippen LogP contribution in [0.5, 0.6) is 0 Å². The smallest absolute Gasteiger partial charge is 0.322 e. The summed E-state index contributed by atoms with van der Waals surface area (Å²) >= 11 is 0. The van der Waals surface area contributed by atoms with E-state index in [9.17, 15) is 18.8 Å². The SMILES string of the molecule is Cc1ccc(-c2ccc(F)cc2C(=O)NCC2(c3nccn3C)NC(=O)NC2=O)cc1. The Morgan fingerprint density at radius 1 is 1.19 bits per heavy atom. The van der Waals surface area contributed by atoms with Crippen molar-refractivity contribution in [2.75, 3.05) is 6.54 Å². The molecule has 1 fully saturated rings. The fourth-order valence-corrected chi connectivity index (χ4v) is 3.63. The molecule has 1 saturated heterocycles. The molecule has 4 rings (SSSR count).